The summed E-state index contributed by atoms with van der Waals surface area (Å²) in [5.74, 6) is -0.317. The molecule has 1 aromatic heterocycles. The maximum atomic E-state index is 12.3. The van der Waals surface area contributed by atoms with Gasteiger partial charge in [-0.15, -0.1) is 11.3 Å². The van der Waals surface area contributed by atoms with Gasteiger partial charge in [0.05, 0.1) is 12.2 Å². The number of anilines is 1. The van der Waals surface area contributed by atoms with Crippen molar-refractivity contribution in [1.82, 2.24) is 4.90 Å². The van der Waals surface area contributed by atoms with Gasteiger partial charge in [-0.05, 0) is 43.6 Å². The van der Waals surface area contributed by atoms with Crippen LogP contribution in [0.5, 0.6) is 0 Å². The lowest BCUT2D eigenvalue weighted by atomic mass is 10.1. The summed E-state index contributed by atoms with van der Waals surface area (Å²) in [7, 11) is 0. The van der Waals surface area contributed by atoms with E-state index in [1.165, 1.54) is 11.3 Å². The number of rotatable bonds is 4. The summed E-state index contributed by atoms with van der Waals surface area (Å²) in [6, 6.07) is 11.9. The number of hydrogen-bond donors (Lipinski definition) is 1. The van der Waals surface area contributed by atoms with Crippen molar-refractivity contribution in [2.75, 3.05) is 25.0 Å². The second-order valence-electron chi connectivity index (χ2n) is 5.56. The number of carbonyl (C=O) groups is 1. The SMILES string of the molecule is CCOC(=O)c1cc(-c2ccccc2)sc1NC(=S)N1CCCC1. The van der Waals surface area contributed by atoms with Crippen molar-refractivity contribution in [1.29, 1.82) is 0 Å². The van der Waals surface area contributed by atoms with Gasteiger partial charge >= 0.3 is 5.97 Å². The molecular formula is C18H20N2O2S2. The average molecular weight is 361 g/mol. The highest BCUT2D eigenvalue weighted by atomic mass is 32.1. The largest absolute Gasteiger partial charge is 0.462 e. The Hall–Kier alpha value is -1.92. The first-order valence-corrected chi connectivity index (χ1v) is 9.34. The van der Waals surface area contributed by atoms with Gasteiger partial charge < -0.3 is 15.0 Å². The highest BCUT2D eigenvalue weighted by molar-refractivity contribution is 7.80. The maximum Gasteiger partial charge on any atom is 0.341 e. The van der Waals surface area contributed by atoms with Crippen LogP contribution in [0.25, 0.3) is 10.4 Å². The van der Waals surface area contributed by atoms with E-state index in [2.05, 4.69) is 10.2 Å². The number of carbonyl (C=O) groups excluding carboxylic acids is 1. The molecule has 2 heterocycles. The van der Waals surface area contributed by atoms with E-state index >= 15 is 0 Å². The lowest BCUT2D eigenvalue weighted by Gasteiger charge is -2.19. The molecule has 1 aliphatic rings. The Labute approximate surface area is 151 Å². The lowest BCUT2D eigenvalue weighted by molar-refractivity contribution is 0.0528. The molecule has 0 amide bonds. The monoisotopic (exact) mass is 360 g/mol. The Morgan fingerprint density at radius 2 is 2.00 bits per heavy atom. The zero-order valence-corrected chi connectivity index (χ0v) is 15.2. The second-order valence-corrected chi connectivity index (χ2v) is 7.00. The molecule has 4 nitrogen and oxygen atoms in total. The molecule has 0 radical (unpaired) electrons. The van der Waals surface area contributed by atoms with Gasteiger partial charge in [-0.1, -0.05) is 30.3 Å². The van der Waals surface area contributed by atoms with Crippen LogP contribution in [-0.2, 0) is 4.74 Å². The predicted molar refractivity (Wildman–Crippen MR) is 103 cm³/mol. The average Bonchev–Trinajstić information content (AvgIpc) is 3.26. The molecule has 1 aliphatic heterocycles. The molecule has 3 rings (SSSR count). The maximum absolute atomic E-state index is 12.3. The highest BCUT2D eigenvalue weighted by Gasteiger charge is 2.21. The molecule has 0 unspecified atom stereocenters. The summed E-state index contributed by atoms with van der Waals surface area (Å²) in [5, 5.41) is 4.69. The van der Waals surface area contributed by atoms with E-state index < -0.39 is 0 Å². The van der Waals surface area contributed by atoms with Crippen molar-refractivity contribution in [2.45, 2.75) is 19.8 Å². The fourth-order valence-corrected chi connectivity index (χ4v) is 4.09. The van der Waals surface area contributed by atoms with Crippen LogP contribution in [0.15, 0.2) is 36.4 Å². The van der Waals surface area contributed by atoms with Crippen LogP contribution in [0.2, 0.25) is 0 Å². The lowest BCUT2D eigenvalue weighted by Crippen LogP contribution is -2.32. The Kier molecular flexibility index (Phi) is 5.48. The normalized spacial score (nSPS) is 13.8. The van der Waals surface area contributed by atoms with Gasteiger partial charge in [0.1, 0.15) is 5.00 Å². The van der Waals surface area contributed by atoms with Gasteiger partial charge in [-0.2, -0.15) is 0 Å². The Morgan fingerprint density at radius 3 is 2.67 bits per heavy atom. The first-order valence-electron chi connectivity index (χ1n) is 8.11. The van der Waals surface area contributed by atoms with E-state index in [1.807, 2.05) is 43.3 Å². The van der Waals surface area contributed by atoms with Crippen LogP contribution in [0.1, 0.15) is 30.1 Å². The molecular weight excluding hydrogens is 340 g/mol. The quantitative estimate of drug-likeness (QED) is 0.647. The first kappa shape index (κ1) is 16.9. The molecule has 0 aliphatic carbocycles. The first-order chi connectivity index (χ1) is 11.7. The van der Waals surface area contributed by atoms with Crippen molar-refractivity contribution in [3.8, 4) is 10.4 Å². The molecule has 6 heteroatoms. The van der Waals surface area contributed by atoms with Crippen molar-refractivity contribution < 1.29 is 9.53 Å². The van der Waals surface area contributed by atoms with Gasteiger partial charge in [0.2, 0.25) is 0 Å². The van der Waals surface area contributed by atoms with Crippen molar-refractivity contribution >= 4 is 39.6 Å². The van der Waals surface area contributed by atoms with Gasteiger partial charge in [0.15, 0.2) is 5.11 Å². The number of benzene rings is 1. The number of ether oxygens (including phenoxy) is 1. The van der Waals surface area contributed by atoms with Crippen molar-refractivity contribution in [2.24, 2.45) is 0 Å². The van der Waals surface area contributed by atoms with Gasteiger partial charge in [-0.3, -0.25) is 0 Å². The zero-order valence-electron chi connectivity index (χ0n) is 13.6. The molecule has 1 N–H and O–H groups in total. The molecule has 24 heavy (non-hydrogen) atoms. The summed E-state index contributed by atoms with van der Waals surface area (Å²) in [4.78, 5) is 15.5. The minimum atomic E-state index is -0.317. The molecule has 2 aromatic rings. The van der Waals surface area contributed by atoms with Crippen LogP contribution in [0.3, 0.4) is 0 Å². The number of nitrogens with one attached hydrogen (secondary N) is 1. The van der Waals surface area contributed by atoms with Gasteiger partial charge in [-0.25, -0.2) is 4.79 Å². The summed E-state index contributed by atoms with van der Waals surface area (Å²) < 4.78 is 5.20. The zero-order chi connectivity index (χ0) is 16.9. The number of hydrogen-bond acceptors (Lipinski definition) is 4. The number of likely N-dealkylation sites (tertiary alicyclic amines) is 1. The second kappa shape index (κ2) is 7.77. The number of esters is 1. The molecule has 0 spiro atoms. The van der Waals surface area contributed by atoms with Crippen molar-refractivity contribution in [3.05, 3.63) is 42.0 Å². The fraction of sp³-hybridized carbons (Fsp3) is 0.333. The van der Waals surface area contributed by atoms with E-state index in [1.54, 1.807) is 0 Å². The fourth-order valence-electron chi connectivity index (χ4n) is 2.69. The van der Waals surface area contributed by atoms with Crippen molar-refractivity contribution in [3.63, 3.8) is 0 Å². The molecule has 126 valence electrons. The van der Waals surface area contributed by atoms with Gasteiger partial charge in [0, 0.05) is 18.0 Å². The molecule has 0 atom stereocenters. The van der Waals surface area contributed by atoms with Gasteiger partial charge in [0.25, 0.3) is 0 Å². The number of thiophene rings is 1. The predicted octanol–water partition coefficient (Wildman–Crippen LogP) is 4.38. The molecule has 1 saturated heterocycles. The smallest absolute Gasteiger partial charge is 0.341 e. The summed E-state index contributed by atoms with van der Waals surface area (Å²) in [6.45, 7) is 4.10. The molecule has 1 fully saturated rings. The third-order valence-corrected chi connectivity index (χ3v) is 5.36. The van der Waals surface area contributed by atoms with Crippen LogP contribution < -0.4 is 5.32 Å². The highest BCUT2D eigenvalue weighted by Crippen LogP contribution is 2.36. The molecule has 0 bridgehead atoms. The summed E-state index contributed by atoms with van der Waals surface area (Å²) >= 11 is 7.03. The third-order valence-electron chi connectivity index (χ3n) is 3.90. The Balaban J connectivity index is 1.88. The minimum absolute atomic E-state index is 0.317. The van der Waals surface area contributed by atoms with E-state index in [0.717, 1.165) is 41.4 Å². The Morgan fingerprint density at radius 1 is 1.29 bits per heavy atom. The topological polar surface area (TPSA) is 41.6 Å². The van der Waals surface area contributed by atoms with Crippen LogP contribution in [0, 0.1) is 0 Å². The summed E-state index contributed by atoms with van der Waals surface area (Å²) in [6.07, 6.45) is 2.32. The standard InChI is InChI=1S/C18H20N2O2S2/c1-2-22-17(21)14-12-15(13-8-4-3-5-9-13)24-16(14)19-18(23)20-10-6-7-11-20/h3-5,8-9,12H,2,6-7,10-11H2,1H3,(H,19,23). The minimum Gasteiger partial charge on any atom is -0.462 e. The van der Waals surface area contributed by atoms with E-state index in [-0.39, 0.29) is 5.97 Å². The van der Waals surface area contributed by atoms with Crippen LogP contribution >= 0.6 is 23.6 Å². The molecule has 0 saturated carbocycles. The van der Waals surface area contributed by atoms with Crippen LogP contribution in [-0.4, -0.2) is 35.7 Å². The number of thiocarbonyl (C=S) groups is 1. The van der Waals surface area contributed by atoms with E-state index in [9.17, 15) is 4.79 Å². The van der Waals surface area contributed by atoms with E-state index in [0.29, 0.717) is 17.3 Å². The Bertz CT molecular complexity index is 722. The van der Waals surface area contributed by atoms with E-state index in [4.69, 9.17) is 17.0 Å². The number of nitrogens with zero attached hydrogens (tertiary/aromatic N) is 1. The third kappa shape index (κ3) is 3.76. The molecule has 1 aromatic carbocycles. The van der Waals surface area contributed by atoms with Crippen LogP contribution in [0.4, 0.5) is 5.00 Å². The summed E-state index contributed by atoms with van der Waals surface area (Å²) in [5.41, 5.74) is 1.62.